The minimum Gasteiger partial charge on any atom is -0.354 e. The zero-order valence-corrected chi connectivity index (χ0v) is 18.3. The van der Waals surface area contributed by atoms with Gasteiger partial charge in [-0.05, 0) is 57.4 Å². The quantitative estimate of drug-likeness (QED) is 0.317. The van der Waals surface area contributed by atoms with Crippen LogP contribution in [0.1, 0.15) is 17.5 Å². The molecule has 3 aromatic rings. The normalized spacial score (nSPS) is 12.1. The molecule has 0 fully saturated rings. The van der Waals surface area contributed by atoms with E-state index in [1.807, 2.05) is 19.0 Å². The molecule has 0 saturated heterocycles. The first-order chi connectivity index (χ1) is 15.9. The van der Waals surface area contributed by atoms with Crippen molar-refractivity contribution in [3.8, 4) is 11.3 Å². The highest BCUT2D eigenvalue weighted by atomic mass is 19.4. The number of nitrogens with zero attached hydrogens (tertiary/aromatic N) is 4. The molecular weight excluding hydrogens is 462 g/mol. The fourth-order valence-electron chi connectivity index (χ4n) is 3.05. The van der Waals surface area contributed by atoms with Gasteiger partial charge in [-0.1, -0.05) is 0 Å². The molecule has 0 unspecified atom stereocenters. The average Bonchev–Trinajstić information content (AvgIpc) is 2.76. The third-order valence-electron chi connectivity index (χ3n) is 4.66. The third-order valence-corrected chi connectivity index (χ3v) is 4.66. The van der Waals surface area contributed by atoms with Gasteiger partial charge in [0.05, 0.1) is 22.5 Å². The molecule has 12 heteroatoms. The van der Waals surface area contributed by atoms with Crippen molar-refractivity contribution in [2.75, 3.05) is 37.8 Å². The molecular formula is C22H22F6N6. The van der Waals surface area contributed by atoms with Gasteiger partial charge in [-0.25, -0.2) is 4.98 Å². The smallest absolute Gasteiger partial charge is 0.354 e. The predicted octanol–water partition coefficient (Wildman–Crippen LogP) is 5.68. The number of hydrogen-bond acceptors (Lipinski definition) is 6. The van der Waals surface area contributed by atoms with Crippen LogP contribution in [0.4, 0.5) is 43.8 Å². The molecule has 0 spiro atoms. The van der Waals surface area contributed by atoms with Crippen LogP contribution < -0.4 is 10.6 Å². The Kier molecular flexibility index (Phi) is 7.60. The van der Waals surface area contributed by atoms with Crippen molar-refractivity contribution in [1.82, 2.24) is 19.9 Å². The number of halogens is 6. The summed E-state index contributed by atoms with van der Waals surface area (Å²) < 4.78 is 79.6. The van der Waals surface area contributed by atoms with Crippen LogP contribution in [0.25, 0.3) is 11.3 Å². The van der Waals surface area contributed by atoms with E-state index in [-0.39, 0.29) is 17.8 Å². The van der Waals surface area contributed by atoms with Gasteiger partial charge in [0.1, 0.15) is 5.82 Å². The molecule has 0 aliphatic heterocycles. The summed E-state index contributed by atoms with van der Waals surface area (Å²) in [6.45, 7) is 1.29. The highest BCUT2D eigenvalue weighted by Crippen LogP contribution is 2.40. The zero-order chi connectivity index (χ0) is 24.9. The summed E-state index contributed by atoms with van der Waals surface area (Å²) >= 11 is 0. The lowest BCUT2D eigenvalue weighted by Crippen LogP contribution is -2.17. The van der Waals surface area contributed by atoms with Crippen molar-refractivity contribution >= 4 is 17.5 Å². The first-order valence-electron chi connectivity index (χ1n) is 10.2. The summed E-state index contributed by atoms with van der Waals surface area (Å²) in [7, 11) is 3.84. The number of benzene rings is 1. The summed E-state index contributed by atoms with van der Waals surface area (Å²) in [6, 6.07) is 6.19. The standard InChI is InChI=1S/C22H22F6N6/c1-34(2)10-4-9-30-20-32-18(14-5-3-8-29-13-14)12-19(33-20)31-17-7-6-15(21(23,24)25)11-16(17)22(26,27)28/h3,5-8,11-13H,4,9-10H2,1-2H3,(H2,30,31,32,33). The summed E-state index contributed by atoms with van der Waals surface area (Å²) in [4.78, 5) is 14.6. The van der Waals surface area contributed by atoms with Crippen molar-refractivity contribution in [2.45, 2.75) is 18.8 Å². The topological polar surface area (TPSA) is 66.0 Å². The van der Waals surface area contributed by atoms with Crippen LogP contribution in [0.2, 0.25) is 0 Å². The molecule has 0 aliphatic carbocycles. The molecule has 0 aliphatic rings. The maximum atomic E-state index is 13.5. The summed E-state index contributed by atoms with van der Waals surface area (Å²) in [5.41, 5.74) is -2.44. The Morgan fingerprint density at radius 2 is 1.71 bits per heavy atom. The van der Waals surface area contributed by atoms with E-state index in [1.165, 1.54) is 12.3 Å². The van der Waals surface area contributed by atoms with Gasteiger partial charge in [0.25, 0.3) is 0 Å². The number of aromatic nitrogens is 3. The van der Waals surface area contributed by atoms with Gasteiger partial charge in [-0.3, -0.25) is 4.98 Å². The largest absolute Gasteiger partial charge is 0.418 e. The average molecular weight is 484 g/mol. The molecule has 0 amide bonds. The van der Waals surface area contributed by atoms with E-state index < -0.39 is 29.2 Å². The monoisotopic (exact) mass is 484 g/mol. The molecule has 0 bridgehead atoms. The van der Waals surface area contributed by atoms with E-state index in [0.717, 1.165) is 19.0 Å². The van der Waals surface area contributed by atoms with E-state index in [0.29, 0.717) is 23.9 Å². The highest BCUT2D eigenvalue weighted by molar-refractivity contribution is 5.68. The Balaban J connectivity index is 1.97. The Morgan fingerprint density at radius 1 is 0.941 bits per heavy atom. The number of alkyl halides is 6. The molecule has 2 aromatic heterocycles. The SMILES string of the molecule is CN(C)CCCNc1nc(Nc2ccc(C(F)(F)F)cc2C(F)(F)F)cc(-c2cccnc2)n1. The molecule has 182 valence electrons. The van der Waals surface area contributed by atoms with Gasteiger partial charge in [0.15, 0.2) is 0 Å². The number of pyridine rings is 1. The van der Waals surface area contributed by atoms with Crippen molar-refractivity contribution in [3.05, 3.63) is 59.9 Å². The summed E-state index contributed by atoms with van der Waals surface area (Å²) in [5, 5.41) is 5.54. The van der Waals surface area contributed by atoms with Crippen molar-refractivity contribution in [1.29, 1.82) is 0 Å². The van der Waals surface area contributed by atoms with Crippen LogP contribution in [0, 0.1) is 0 Å². The first kappa shape index (κ1) is 25.2. The second-order valence-corrected chi connectivity index (χ2v) is 7.67. The molecule has 3 rings (SSSR count). The van der Waals surface area contributed by atoms with Gasteiger partial charge >= 0.3 is 12.4 Å². The minimum atomic E-state index is -5.02. The maximum absolute atomic E-state index is 13.5. The zero-order valence-electron chi connectivity index (χ0n) is 18.3. The van der Waals surface area contributed by atoms with Gasteiger partial charge in [0, 0.05) is 30.6 Å². The Labute approximate surface area is 192 Å². The Bertz CT molecular complexity index is 1100. The molecule has 0 atom stereocenters. The van der Waals surface area contributed by atoms with E-state index in [2.05, 4.69) is 25.6 Å². The molecule has 2 heterocycles. The third kappa shape index (κ3) is 6.80. The van der Waals surface area contributed by atoms with Crippen LogP contribution in [0.15, 0.2) is 48.8 Å². The van der Waals surface area contributed by atoms with Crippen molar-refractivity contribution < 1.29 is 26.3 Å². The van der Waals surface area contributed by atoms with Crippen LogP contribution in [0.3, 0.4) is 0 Å². The lowest BCUT2D eigenvalue weighted by atomic mass is 10.1. The molecule has 2 N–H and O–H groups in total. The number of nitrogens with one attached hydrogen (secondary N) is 2. The summed E-state index contributed by atoms with van der Waals surface area (Å²) in [6.07, 6.45) is -6.09. The number of rotatable bonds is 8. The van der Waals surface area contributed by atoms with E-state index in [4.69, 9.17) is 0 Å². The fraction of sp³-hybridized carbons (Fsp3) is 0.318. The van der Waals surface area contributed by atoms with Crippen LogP contribution in [0.5, 0.6) is 0 Å². The van der Waals surface area contributed by atoms with E-state index >= 15 is 0 Å². The van der Waals surface area contributed by atoms with Gasteiger partial charge in [-0.15, -0.1) is 0 Å². The van der Waals surface area contributed by atoms with Gasteiger partial charge in [0.2, 0.25) is 5.95 Å². The molecule has 6 nitrogen and oxygen atoms in total. The Hall–Kier alpha value is -3.41. The van der Waals surface area contributed by atoms with Crippen LogP contribution in [-0.2, 0) is 12.4 Å². The van der Waals surface area contributed by atoms with Crippen molar-refractivity contribution in [3.63, 3.8) is 0 Å². The lowest BCUT2D eigenvalue weighted by molar-refractivity contribution is -0.142. The number of hydrogen-bond donors (Lipinski definition) is 2. The van der Waals surface area contributed by atoms with E-state index in [1.54, 1.807) is 18.3 Å². The molecule has 34 heavy (non-hydrogen) atoms. The maximum Gasteiger partial charge on any atom is 0.418 e. The molecule has 0 saturated carbocycles. The second-order valence-electron chi connectivity index (χ2n) is 7.67. The van der Waals surface area contributed by atoms with Gasteiger partial charge < -0.3 is 15.5 Å². The summed E-state index contributed by atoms with van der Waals surface area (Å²) in [5.74, 6) is 0.136. The predicted molar refractivity (Wildman–Crippen MR) is 117 cm³/mol. The van der Waals surface area contributed by atoms with Crippen LogP contribution in [-0.4, -0.2) is 47.0 Å². The first-order valence-corrected chi connectivity index (χ1v) is 10.2. The highest BCUT2D eigenvalue weighted by Gasteiger charge is 2.38. The minimum absolute atomic E-state index is 0.0192. The fourth-order valence-corrected chi connectivity index (χ4v) is 3.05. The Morgan fingerprint density at radius 3 is 2.32 bits per heavy atom. The number of anilines is 3. The lowest BCUT2D eigenvalue weighted by Gasteiger charge is -2.17. The second kappa shape index (κ2) is 10.2. The molecule has 0 radical (unpaired) electrons. The van der Waals surface area contributed by atoms with Gasteiger partial charge in [-0.2, -0.15) is 31.3 Å². The van der Waals surface area contributed by atoms with Crippen molar-refractivity contribution in [2.24, 2.45) is 0 Å². The van der Waals surface area contributed by atoms with E-state index in [9.17, 15) is 26.3 Å². The molecule has 1 aromatic carbocycles. The van der Waals surface area contributed by atoms with Crippen LogP contribution >= 0.6 is 0 Å².